The predicted molar refractivity (Wildman–Crippen MR) is 94.0 cm³/mol. The molecule has 0 radical (unpaired) electrons. The van der Waals surface area contributed by atoms with Crippen LogP contribution in [0.1, 0.15) is 22.5 Å². The van der Waals surface area contributed by atoms with Crippen LogP contribution in [0.2, 0.25) is 0 Å². The summed E-state index contributed by atoms with van der Waals surface area (Å²) in [7, 11) is 0. The fourth-order valence-electron chi connectivity index (χ4n) is 2.92. The summed E-state index contributed by atoms with van der Waals surface area (Å²) in [6.07, 6.45) is 1.66. The first-order valence-electron chi connectivity index (χ1n) is 8.26. The number of anilines is 1. The largest absolute Gasteiger partial charge is 0.375 e. The molecule has 3 rings (SSSR count). The number of aromatic nitrogens is 1. The van der Waals surface area contributed by atoms with Gasteiger partial charge in [0.1, 0.15) is 5.69 Å². The molecule has 25 heavy (non-hydrogen) atoms. The lowest BCUT2D eigenvalue weighted by Gasteiger charge is -2.32. The molecule has 1 aromatic carbocycles. The zero-order chi connectivity index (χ0) is 17.6. The fourth-order valence-corrected chi connectivity index (χ4v) is 2.92. The number of benzene rings is 1. The molecule has 2 heterocycles. The molecule has 132 valence electrons. The third-order valence-electron chi connectivity index (χ3n) is 4.12. The van der Waals surface area contributed by atoms with Crippen LogP contribution >= 0.6 is 0 Å². The molecule has 4 N–H and O–H groups in total. The number of rotatable bonds is 6. The molecule has 7 heteroatoms. The van der Waals surface area contributed by atoms with E-state index in [2.05, 4.69) is 27.3 Å². The van der Waals surface area contributed by atoms with E-state index in [-0.39, 0.29) is 24.1 Å². The SMILES string of the molecule is NC(=O)c1cc(NC(=O)C[C@@H]2CN(Cc3ccccc3)CCO2)c[nH]1. The van der Waals surface area contributed by atoms with Crippen LogP contribution in [-0.4, -0.2) is 47.5 Å². The first-order valence-corrected chi connectivity index (χ1v) is 8.26. The molecule has 0 spiro atoms. The van der Waals surface area contributed by atoms with Crippen LogP contribution < -0.4 is 11.1 Å². The number of nitrogens with one attached hydrogen (secondary N) is 2. The minimum atomic E-state index is -0.562. The lowest BCUT2D eigenvalue weighted by Crippen LogP contribution is -2.43. The molecule has 0 bridgehead atoms. The van der Waals surface area contributed by atoms with Gasteiger partial charge < -0.3 is 20.8 Å². The Bertz CT molecular complexity index is 729. The summed E-state index contributed by atoms with van der Waals surface area (Å²) >= 11 is 0. The second kappa shape index (κ2) is 7.96. The molecule has 0 aliphatic carbocycles. The Morgan fingerprint density at radius 3 is 2.84 bits per heavy atom. The summed E-state index contributed by atoms with van der Waals surface area (Å²) in [4.78, 5) is 28.3. The zero-order valence-electron chi connectivity index (χ0n) is 13.9. The number of carbonyl (C=O) groups is 2. The van der Waals surface area contributed by atoms with Crippen molar-refractivity contribution in [2.75, 3.05) is 25.0 Å². The maximum Gasteiger partial charge on any atom is 0.265 e. The van der Waals surface area contributed by atoms with Gasteiger partial charge in [0, 0.05) is 25.8 Å². The molecule has 1 aliphatic heterocycles. The van der Waals surface area contributed by atoms with Gasteiger partial charge in [0.15, 0.2) is 0 Å². The fraction of sp³-hybridized carbons (Fsp3) is 0.333. The average molecular weight is 342 g/mol. The van der Waals surface area contributed by atoms with Crippen molar-refractivity contribution in [3.05, 3.63) is 53.9 Å². The molecule has 1 aliphatic rings. The summed E-state index contributed by atoms with van der Waals surface area (Å²) in [5.74, 6) is -0.714. The quantitative estimate of drug-likeness (QED) is 0.737. The Kier molecular flexibility index (Phi) is 5.47. The highest BCUT2D eigenvalue weighted by Crippen LogP contribution is 2.14. The van der Waals surface area contributed by atoms with E-state index in [0.717, 1.165) is 13.1 Å². The number of morpholine rings is 1. The molecule has 1 atom stereocenters. The summed E-state index contributed by atoms with van der Waals surface area (Å²) in [6.45, 7) is 3.03. The van der Waals surface area contributed by atoms with E-state index >= 15 is 0 Å². The minimum absolute atomic E-state index is 0.146. The molecule has 2 aromatic rings. The van der Waals surface area contributed by atoms with Crippen LogP contribution in [0.15, 0.2) is 42.6 Å². The number of primary amides is 1. The number of ether oxygens (including phenoxy) is 1. The molecule has 1 saturated heterocycles. The highest BCUT2D eigenvalue weighted by atomic mass is 16.5. The van der Waals surface area contributed by atoms with Crippen LogP contribution in [0.4, 0.5) is 5.69 Å². The van der Waals surface area contributed by atoms with Gasteiger partial charge in [-0.1, -0.05) is 30.3 Å². The Hall–Kier alpha value is -2.64. The van der Waals surface area contributed by atoms with Gasteiger partial charge in [0.05, 0.1) is 24.8 Å². The topological polar surface area (TPSA) is 100 Å². The van der Waals surface area contributed by atoms with E-state index in [1.165, 1.54) is 11.6 Å². The van der Waals surface area contributed by atoms with E-state index in [4.69, 9.17) is 10.5 Å². The molecule has 2 amide bonds. The van der Waals surface area contributed by atoms with Crippen molar-refractivity contribution in [2.24, 2.45) is 5.73 Å². The highest BCUT2D eigenvalue weighted by Gasteiger charge is 2.23. The standard InChI is InChI=1S/C18H22N4O3/c19-18(24)16-8-14(10-20-16)21-17(23)9-15-12-22(6-7-25-15)11-13-4-2-1-3-5-13/h1-5,8,10,15,20H,6-7,9,11-12H2,(H2,19,24)(H,21,23)/t15-/m1/s1. The number of aromatic amines is 1. The molecule has 1 fully saturated rings. The maximum atomic E-state index is 12.2. The normalized spacial score (nSPS) is 18.0. The Labute approximate surface area is 146 Å². The van der Waals surface area contributed by atoms with Gasteiger partial charge >= 0.3 is 0 Å². The summed E-state index contributed by atoms with van der Waals surface area (Å²) in [5, 5.41) is 2.75. The van der Waals surface area contributed by atoms with Crippen molar-refractivity contribution in [3.63, 3.8) is 0 Å². The molecule has 7 nitrogen and oxygen atoms in total. The van der Waals surface area contributed by atoms with Gasteiger partial charge in [0.25, 0.3) is 5.91 Å². The lowest BCUT2D eigenvalue weighted by molar-refractivity contribution is -0.121. The smallest absolute Gasteiger partial charge is 0.265 e. The maximum absolute atomic E-state index is 12.2. The number of hydrogen-bond acceptors (Lipinski definition) is 4. The number of nitrogens with two attached hydrogens (primary N) is 1. The number of H-pyrrole nitrogens is 1. The lowest BCUT2D eigenvalue weighted by atomic mass is 10.1. The van der Waals surface area contributed by atoms with Crippen LogP contribution in [0.5, 0.6) is 0 Å². The zero-order valence-corrected chi connectivity index (χ0v) is 13.9. The second-order valence-corrected chi connectivity index (χ2v) is 6.13. The van der Waals surface area contributed by atoms with Crippen molar-refractivity contribution < 1.29 is 14.3 Å². The third kappa shape index (κ3) is 4.91. The predicted octanol–water partition coefficient (Wildman–Crippen LogP) is 1.34. The summed E-state index contributed by atoms with van der Waals surface area (Å²) in [6, 6.07) is 11.8. The number of nitrogens with zero attached hydrogens (tertiary/aromatic N) is 1. The highest BCUT2D eigenvalue weighted by molar-refractivity contribution is 5.95. The monoisotopic (exact) mass is 342 g/mol. The average Bonchev–Trinajstić information content (AvgIpc) is 3.05. The molecule has 1 aromatic heterocycles. The van der Waals surface area contributed by atoms with Crippen molar-refractivity contribution in [1.82, 2.24) is 9.88 Å². The molecule has 0 saturated carbocycles. The van der Waals surface area contributed by atoms with E-state index in [9.17, 15) is 9.59 Å². The van der Waals surface area contributed by atoms with E-state index in [1.807, 2.05) is 18.2 Å². The number of amides is 2. The number of carbonyl (C=O) groups excluding carboxylic acids is 2. The first kappa shape index (κ1) is 17.2. The summed E-state index contributed by atoms with van der Waals surface area (Å²) < 4.78 is 5.71. The van der Waals surface area contributed by atoms with E-state index in [0.29, 0.717) is 18.8 Å². The second-order valence-electron chi connectivity index (χ2n) is 6.13. The molecular formula is C18H22N4O3. The van der Waals surface area contributed by atoms with Crippen molar-refractivity contribution in [2.45, 2.75) is 19.1 Å². The third-order valence-corrected chi connectivity index (χ3v) is 4.12. The van der Waals surface area contributed by atoms with Gasteiger partial charge in [-0.15, -0.1) is 0 Å². The van der Waals surface area contributed by atoms with Crippen LogP contribution in [0.3, 0.4) is 0 Å². The van der Waals surface area contributed by atoms with E-state index < -0.39 is 5.91 Å². The van der Waals surface area contributed by atoms with Crippen molar-refractivity contribution >= 4 is 17.5 Å². The summed E-state index contributed by atoms with van der Waals surface area (Å²) in [5.41, 5.74) is 7.21. The van der Waals surface area contributed by atoms with Crippen LogP contribution in [-0.2, 0) is 16.1 Å². The van der Waals surface area contributed by atoms with Crippen LogP contribution in [0, 0.1) is 0 Å². The Morgan fingerprint density at radius 1 is 1.32 bits per heavy atom. The van der Waals surface area contributed by atoms with Crippen molar-refractivity contribution in [3.8, 4) is 0 Å². The number of hydrogen-bond donors (Lipinski definition) is 3. The molecular weight excluding hydrogens is 320 g/mol. The van der Waals surface area contributed by atoms with Crippen LogP contribution in [0.25, 0.3) is 0 Å². The van der Waals surface area contributed by atoms with Gasteiger partial charge in [-0.25, -0.2) is 0 Å². The van der Waals surface area contributed by atoms with Crippen molar-refractivity contribution in [1.29, 1.82) is 0 Å². The van der Waals surface area contributed by atoms with Gasteiger partial charge in [-0.3, -0.25) is 14.5 Å². The van der Waals surface area contributed by atoms with Gasteiger partial charge in [-0.05, 0) is 11.6 Å². The van der Waals surface area contributed by atoms with E-state index in [1.54, 1.807) is 6.20 Å². The first-order chi connectivity index (χ1) is 12.1. The molecule has 0 unspecified atom stereocenters. The Balaban J connectivity index is 1.49. The van der Waals surface area contributed by atoms with Gasteiger partial charge in [0.2, 0.25) is 5.91 Å². The van der Waals surface area contributed by atoms with Gasteiger partial charge in [-0.2, -0.15) is 0 Å². The Morgan fingerprint density at radius 2 is 2.12 bits per heavy atom. The minimum Gasteiger partial charge on any atom is -0.375 e.